The van der Waals surface area contributed by atoms with Gasteiger partial charge in [-0.2, -0.15) is 0 Å². The maximum absolute atomic E-state index is 9.65. The molecule has 0 aliphatic rings. The van der Waals surface area contributed by atoms with E-state index in [0.29, 0.717) is 13.1 Å². The SMILES string of the molecule is CC(C)(O)CNCc1cc2ncccc2cc1Br. The smallest absolute Gasteiger partial charge is 0.0715 e. The third kappa shape index (κ3) is 3.51. The molecule has 0 unspecified atom stereocenters. The average Bonchev–Trinajstić information content (AvgIpc) is 2.28. The molecule has 0 amide bonds. The second-order valence-electron chi connectivity index (χ2n) is 5.06. The lowest BCUT2D eigenvalue weighted by atomic mass is 10.1. The lowest BCUT2D eigenvalue weighted by molar-refractivity contribution is 0.0795. The number of hydrogen-bond donors (Lipinski definition) is 2. The molecule has 0 radical (unpaired) electrons. The minimum Gasteiger partial charge on any atom is -0.389 e. The molecule has 0 saturated heterocycles. The second kappa shape index (κ2) is 5.34. The molecular formula is C14H17BrN2O. The van der Waals surface area contributed by atoms with Crippen LogP contribution < -0.4 is 5.32 Å². The minimum atomic E-state index is -0.693. The van der Waals surface area contributed by atoms with Gasteiger partial charge in [-0.05, 0) is 37.6 Å². The quantitative estimate of drug-likeness (QED) is 0.913. The number of benzene rings is 1. The molecule has 18 heavy (non-hydrogen) atoms. The minimum absolute atomic E-state index is 0.555. The maximum atomic E-state index is 9.65. The van der Waals surface area contributed by atoms with Gasteiger partial charge in [-0.3, -0.25) is 4.98 Å². The van der Waals surface area contributed by atoms with E-state index >= 15 is 0 Å². The Labute approximate surface area is 115 Å². The van der Waals surface area contributed by atoms with Gasteiger partial charge in [0, 0.05) is 29.1 Å². The molecule has 4 heteroatoms. The molecule has 96 valence electrons. The van der Waals surface area contributed by atoms with Crippen molar-refractivity contribution in [1.29, 1.82) is 0 Å². The Morgan fingerprint density at radius 3 is 2.89 bits per heavy atom. The summed E-state index contributed by atoms with van der Waals surface area (Å²) < 4.78 is 1.06. The molecule has 0 atom stereocenters. The van der Waals surface area contributed by atoms with Gasteiger partial charge >= 0.3 is 0 Å². The number of aliphatic hydroxyl groups is 1. The van der Waals surface area contributed by atoms with Crippen molar-refractivity contribution in [2.75, 3.05) is 6.54 Å². The molecule has 2 aromatic rings. The van der Waals surface area contributed by atoms with Crippen LogP contribution in [-0.4, -0.2) is 22.2 Å². The zero-order valence-electron chi connectivity index (χ0n) is 10.6. The van der Waals surface area contributed by atoms with Gasteiger partial charge in [0.2, 0.25) is 0 Å². The normalized spacial score (nSPS) is 12.0. The van der Waals surface area contributed by atoms with E-state index in [1.807, 2.05) is 12.1 Å². The number of pyridine rings is 1. The lowest BCUT2D eigenvalue weighted by Crippen LogP contribution is -2.34. The molecule has 0 saturated carbocycles. The molecule has 0 aliphatic carbocycles. The van der Waals surface area contributed by atoms with Gasteiger partial charge in [-0.15, -0.1) is 0 Å². The number of fused-ring (bicyclic) bond motifs is 1. The van der Waals surface area contributed by atoms with Crippen LogP contribution in [0.1, 0.15) is 19.4 Å². The van der Waals surface area contributed by atoms with Crippen molar-refractivity contribution in [2.24, 2.45) is 0 Å². The number of halogens is 1. The molecule has 2 rings (SSSR count). The van der Waals surface area contributed by atoms with Crippen molar-refractivity contribution < 1.29 is 5.11 Å². The maximum Gasteiger partial charge on any atom is 0.0715 e. The van der Waals surface area contributed by atoms with E-state index in [-0.39, 0.29) is 0 Å². The molecule has 1 aromatic heterocycles. The Hall–Kier alpha value is -0.970. The number of nitrogens with zero attached hydrogens (tertiary/aromatic N) is 1. The lowest BCUT2D eigenvalue weighted by Gasteiger charge is -2.18. The Bertz CT molecular complexity index is 549. The summed E-state index contributed by atoms with van der Waals surface area (Å²) in [5.74, 6) is 0. The summed E-state index contributed by atoms with van der Waals surface area (Å²) in [6.07, 6.45) is 1.80. The first kappa shape index (κ1) is 13.5. The molecule has 3 nitrogen and oxygen atoms in total. The number of nitrogens with one attached hydrogen (secondary N) is 1. The van der Waals surface area contributed by atoms with Crippen LogP contribution in [0.5, 0.6) is 0 Å². The van der Waals surface area contributed by atoms with Crippen LogP contribution in [0.4, 0.5) is 0 Å². The van der Waals surface area contributed by atoms with Crippen molar-refractivity contribution in [3.63, 3.8) is 0 Å². The van der Waals surface area contributed by atoms with E-state index in [1.165, 1.54) is 0 Å². The molecule has 0 aliphatic heterocycles. The summed E-state index contributed by atoms with van der Waals surface area (Å²) in [7, 11) is 0. The summed E-state index contributed by atoms with van der Waals surface area (Å²) in [5, 5.41) is 14.0. The standard InChI is InChI=1S/C14H17BrN2O/c1-14(2,18)9-16-8-11-7-13-10(6-12(11)15)4-3-5-17-13/h3-7,16,18H,8-9H2,1-2H3. The summed E-state index contributed by atoms with van der Waals surface area (Å²) >= 11 is 3.57. The molecule has 2 N–H and O–H groups in total. The summed E-state index contributed by atoms with van der Waals surface area (Å²) in [4.78, 5) is 4.34. The second-order valence-corrected chi connectivity index (χ2v) is 5.91. The van der Waals surface area contributed by atoms with Crippen molar-refractivity contribution in [2.45, 2.75) is 26.0 Å². The van der Waals surface area contributed by atoms with Gasteiger partial charge in [0.05, 0.1) is 11.1 Å². The third-order valence-electron chi connectivity index (χ3n) is 2.64. The van der Waals surface area contributed by atoms with Crippen LogP contribution >= 0.6 is 15.9 Å². The number of aromatic nitrogens is 1. The third-order valence-corrected chi connectivity index (χ3v) is 3.38. The number of rotatable bonds is 4. The highest BCUT2D eigenvalue weighted by molar-refractivity contribution is 9.10. The van der Waals surface area contributed by atoms with Crippen LogP contribution in [0.2, 0.25) is 0 Å². The Balaban J connectivity index is 2.15. The molecular weight excluding hydrogens is 292 g/mol. The summed E-state index contributed by atoms with van der Waals surface area (Å²) in [5.41, 5.74) is 1.44. The largest absolute Gasteiger partial charge is 0.389 e. The van der Waals surface area contributed by atoms with Crippen LogP contribution in [0.3, 0.4) is 0 Å². The van der Waals surface area contributed by atoms with Crippen molar-refractivity contribution in [3.05, 3.63) is 40.5 Å². The highest BCUT2D eigenvalue weighted by Gasteiger charge is 2.11. The van der Waals surface area contributed by atoms with Gasteiger partial charge in [0.25, 0.3) is 0 Å². The molecule has 0 bridgehead atoms. The molecule has 1 aromatic carbocycles. The van der Waals surface area contributed by atoms with Crippen molar-refractivity contribution >= 4 is 26.8 Å². The zero-order chi connectivity index (χ0) is 13.2. The molecule has 1 heterocycles. The summed E-state index contributed by atoms with van der Waals surface area (Å²) in [6, 6.07) is 8.11. The van der Waals surface area contributed by atoms with Crippen molar-refractivity contribution in [1.82, 2.24) is 10.3 Å². The Morgan fingerprint density at radius 1 is 1.39 bits per heavy atom. The fourth-order valence-corrected chi connectivity index (χ4v) is 2.28. The van der Waals surface area contributed by atoms with E-state index in [9.17, 15) is 5.11 Å². The molecule has 0 fully saturated rings. The first-order valence-electron chi connectivity index (χ1n) is 5.92. The first-order valence-corrected chi connectivity index (χ1v) is 6.71. The van der Waals surface area contributed by atoms with Crippen LogP contribution in [0, 0.1) is 0 Å². The van der Waals surface area contributed by atoms with E-state index in [0.717, 1.165) is 20.9 Å². The van der Waals surface area contributed by atoms with Gasteiger partial charge in [0.1, 0.15) is 0 Å². The topological polar surface area (TPSA) is 45.1 Å². The first-order chi connectivity index (χ1) is 8.46. The Kier molecular flexibility index (Phi) is 4.00. The van der Waals surface area contributed by atoms with E-state index in [1.54, 1.807) is 20.0 Å². The van der Waals surface area contributed by atoms with Crippen LogP contribution in [-0.2, 0) is 6.54 Å². The van der Waals surface area contributed by atoms with Gasteiger partial charge in [-0.1, -0.05) is 22.0 Å². The predicted octanol–water partition coefficient (Wildman–Crippen LogP) is 2.86. The van der Waals surface area contributed by atoms with Gasteiger partial charge in [0.15, 0.2) is 0 Å². The van der Waals surface area contributed by atoms with E-state index < -0.39 is 5.60 Å². The number of hydrogen-bond acceptors (Lipinski definition) is 3. The zero-order valence-corrected chi connectivity index (χ0v) is 12.2. The van der Waals surface area contributed by atoms with Crippen LogP contribution in [0.15, 0.2) is 34.9 Å². The van der Waals surface area contributed by atoms with E-state index in [2.05, 4.69) is 38.4 Å². The summed E-state index contributed by atoms with van der Waals surface area (Å²) in [6.45, 7) is 4.84. The highest BCUT2D eigenvalue weighted by atomic mass is 79.9. The molecule has 0 spiro atoms. The Morgan fingerprint density at radius 2 is 2.17 bits per heavy atom. The predicted molar refractivity (Wildman–Crippen MR) is 77.4 cm³/mol. The fraction of sp³-hybridized carbons (Fsp3) is 0.357. The monoisotopic (exact) mass is 308 g/mol. The van der Waals surface area contributed by atoms with Gasteiger partial charge in [-0.25, -0.2) is 0 Å². The van der Waals surface area contributed by atoms with Crippen molar-refractivity contribution in [3.8, 4) is 0 Å². The average molecular weight is 309 g/mol. The van der Waals surface area contributed by atoms with E-state index in [4.69, 9.17) is 0 Å². The fourth-order valence-electron chi connectivity index (χ4n) is 1.77. The van der Waals surface area contributed by atoms with Gasteiger partial charge < -0.3 is 10.4 Å². The van der Waals surface area contributed by atoms with Crippen LogP contribution in [0.25, 0.3) is 10.9 Å². The highest BCUT2D eigenvalue weighted by Crippen LogP contribution is 2.23.